The largest absolute Gasteiger partial charge is 0.344 e. The SMILES string of the molecule is CN(CCC#N)C(=O)CS. The molecule has 56 valence electrons. The molecule has 4 heteroatoms. The third kappa shape index (κ3) is 3.36. The van der Waals surface area contributed by atoms with Crippen LogP contribution in [0, 0.1) is 11.3 Å². The first kappa shape index (κ1) is 9.31. The Labute approximate surface area is 66.0 Å². The smallest absolute Gasteiger partial charge is 0.232 e. The van der Waals surface area contributed by atoms with Crippen LogP contribution >= 0.6 is 12.6 Å². The van der Waals surface area contributed by atoms with Crippen molar-refractivity contribution in [3.8, 4) is 6.07 Å². The van der Waals surface area contributed by atoms with Gasteiger partial charge in [0.15, 0.2) is 0 Å². The summed E-state index contributed by atoms with van der Waals surface area (Å²) in [4.78, 5) is 12.3. The van der Waals surface area contributed by atoms with E-state index in [1.807, 2.05) is 6.07 Å². The number of nitrogens with zero attached hydrogens (tertiary/aromatic N) is 2. The summed E-state index contributed by atoms with van der Waals surface area (Å²) in [5.41, 5.74) is 0. The molecule has 0 aliphatic heterocycles. The molecule has 1 amide bonds. The predicted octanol–water partition coefficient (Wildman–Crippen LogP) is 0.288. The lowest BCUT2D eigenvalue weighted by atomic mass is 10.4. The molecule has 0 aromatic rings. The molecule has 0 unspecified atom stereocenters. The first-order valence-corrected chi connectivity index (χ1v) is 3.57. The summed E-state index contributed by atoms with van der Waals surface area (Å²) < 4.78 is 0. The van der Waals surface area contributed by atoms with Crippen LogP contribution in [0.5, 0.6) is 0 Å². The molecule has 0 aliphatic carbocycles. The van der Waals surface area contributed by atoms with Crippen molar-refractivity contribution in [2.24, 2.45) is 0 Å². The van der Waals surface area contributed by atoms with Crippen molar-refractivity contribution >= 4 is 18.5 Å². The van der Waals surface area contributed by atoms with Crippen LogP contribution in [0.25, 0.3) is 0 Å². The maximum absolute atomic E-state index is 10.8. The summed E-state index contributed by atoms with van der Waals surface area (Å²) >= 11 is 3.80. The van der Waals surface area contributed by atoms with Gasteiger partial charge in [-0.05, 0) is 0 Å². The molecule has 0 rings (SSSR count). The van der Waals surface area contributed by atoms with Crippen LogP contribution in [0.4, 0.5) is 0 Å². The molecular formula is C6H10N2OS. The standard InChI is InChI=1S/C6H10N2OS/c1-8(4-2-3-7)6(9)5-10/h10H,2,4-5H2,1H3. The molecule has 0 aromatic heterocycles. The van der Waals surface area contributed by atoms with E-state index in [-0.39, 0.29) is 11.7 Å². The molecule has 0 spiro atoms. The maximum atomic E-state index is 10.8. The number of carbonyl (C=O) groups is 1. The zero-order valence-electron chi connectivity index (χ0n) is 5.87. The molecular weight excluding hydrogens is 148 g/mol. The topological polar surface area (TPSA) is 44.1 Å². The van der Waals surface area contributed by atoms with E-state index in [9.17, 15) is 4.79 Å². The minimum atomic E-state index is -0.0430. The highest BCUT2D eigenvalue weighted by atomic mass is 32.1. The molecule has 0 N–H and O–H groups in total. The molecule has 0 radical (unpaired) electrons. The molecule has 0 aliphatic rings. The fourth-order valence-electron chi connectivity index (χ4n) is 0.463. The second kappa shape index (κ2) is 5.12. The second-order valence-electron chi connectivity index (χ2n) is 1.88. The molecule has 0 atom stereocenters. The number of thiol groups is 1. The Morgan fingerprint density at radius 2 is 2.40 bits per heavy atom. The Balaban J connectivity index is 3.53. The van der Waals surface area contributed by atoms with E-state index in [1.165, 1.54) is 4.90 Å². The highest BCUT2D eigenvalue weighted by Crippen LogP contribution is 1.88. The van der Waals surface area contributed by atoms with Crippen molar-refractivity contribution in [1.29, 1.82) is 5.26 Å². The zero-order chi connectivity index (χ0) is 7.98. The minimum absolute atomic E-state index is 0.0430. The lowest BCUT2D eigenvalue weighted by molar-refractivity contribution is -0.126. The van der Waals surface area contributed by atoms with E-state index in [0.29, 0.717) is 13.0 Å². The summed E-state index contributed by atoms with van der Waals surface area (Å²) in [6.07, 6.45) is 0.385. The summed E-state index contributed by atoms with van der Waals surface area (Å²) in [6, 6.07) is 1.96. The fraction of sp³-hybridized carbons (Fsp3) is 0.667. The monoisotopic (exact) mass is 158 g/mol. The number of rotatable bonds is 3. The summed E-state index contributed by atoms with van der Waals surface area (Å²) in [5.74, 6) is 0.167. The highest BCUT2D eigenvalue weighted by Gasteiger charge is 2.03. The van der Waals surface area contributed by atoms with Crippen LogP contribution in [0.3, 0.4) is 0 Å². The molecule has 0 heterocycles. The Morgan fingerprint density at radius 3 is 2.80 bits per heavy atom. The van der Waals surface area contributed by atoms with Gasteiger partial charge in [-0.2, -0.15) is 17.9 Å². The second-order valence-corrected chi connectivity index (χ2v) is 2.20. The summed E-state index contributed by atoms with van der Waals surface area (Å²) in [5, 5.41) is 8.16. The summed E-state index contributed by atoms with van der Waals surface area (Å²) in [6.45, 7) is 0.496. The van der Waals surface area contributed by atoms with E-state index in [1.54, 1.807) is 7.05 Å². The number of hydrogen-bond donors (Lipinski definition) is 1. The number of carbonyl (C=O) groups excluding carboxylic acids is 1. The van der Waals surface area contributed by atoms with Crippen LogP contribution in [-0.2, 0) is 4.79 Å². The van der Waals surface area contributed by atoms with Gasteiger partial charge in [-0.3, -0.25) is 4.79 Å². The number of nitriles is 1. The van der Waals surface area contributed by atoms with Gasteiger partial charge in [0.25, 0.3) is 0 Å². The molecule has 0 saturated heterocycles. The normalized spacial score (nSPS) is 8.50. The molecule has 0 saturated carbocycles. The van der Waals surface area contributed by atoms with Crippen LogP contribution in [0.1, 0.15) is 6.42 Å². The Hall–Kier alpha value is -0.690. The van der Waals surface area contributed by atoms with Gasteiger partial charge in [-0.1, -0.05) is 0 Å². The van der Waals surface area contributed by atoms with E-state index >= 15 is 0 Å². The average molecular weight is 158 g/mol. The van der Waals surface area contributed by atoms with E-state index in [0.717, 1.165) is 0 Å². The first-order chi connectivity index (χ1) is 4.72. The van der Waals surface area contributed by atoms with Crippen LogP contribution in [0.15, 0.2) is 0 Å². The van der Waals surface area contributed by atoms with Gasteiger partial charge in [-0.15, -0.1) is 0 Å². The lowest BCUT2D eigenvalue weighted by Gasteiger charge is -2.12. The molecule has 0 fully saturated rings. The fourth-order valence-corrected chi connectivity index (χ4v) is 0.705. The van der Waals surface area contributed by atoms with Crippen LogP contribution in [-0.4, -0.2) is 30.2 Å². The van der Waals surface area contributed by atoms with Gasteiger partial charge in [0, 0.05) is 13.6 Å². The van der Waals surface area contributed by atoms with Gasteiger partial charge in [0.2, 0.25) is 5.91 Å². The Kier molecular flexibility index (Phi) is 4.77. The van der Waals surface area contributed by atoms with Gasteiger partial charge < -0.3 is 4.90 Å². The van der Waals surface area contributed by atoms with E-state index in [4.69, 9.17) is 5.26 Å². The van der Waals surface area contributed by atoms with Gasteiger partial charge in [0.05, 0.1) is 18.2 Å². The predicted molar refractivity (Wildman–Crippen MR) is 41.7 cm³/mol. The molecule has 3 nitrogen and oxygen atoms in total. The lowest BCUT2D eigenvalue weighted by Crippen LogP contribution is -2.28. The number of hydrogen-bond acceptors (Lipinski definition) is 3. The zero-order valence-corrected chi connectivity index (χ0v) is 6.77. The third-order valence-electron chi connectivity index (χ3n) is 1.12. The Bertz CT molecular complexity index is 152. The first-order valence-electron chi connectivity index (χ1n) is 2.94. The van der Waals surface area contributed by atoms with Crippen molar-refractivity contribution in [2.75, 3.05) is 19.3 Å². The maximum Gasteiger partial charge on any atom is 0.232 e. The molecule has 0 bridgehead atoms. The average Bonchev–Trinajstić information content (AvgIpc) is 1.98. The van der Waals surface area contributed by atoms with Gasteiger partial charge in [-0.25, -0.2) is 0 Å². The van der Waals surface area contributed by atoms with Gasteiger partial charge in [0.1, 0.15) is 0 Å². The third-order valence-corrected chi connectivity index (χ3v) is 1.39. The van der Waals surface area contributed by atoms with Crippen molar-refractivity contribution < 1.29 is 4.79 Å². The van der Waals surface area contributed by atoms with Crippen molar-refractivity contribution in [3.63, 3.8) is 0 Å². The minimum Gasteiger partial charge on any atom is -0.344 e. The number of amides is 1. The van der Waals surface area contributed by atoms with Crippen molar-refractivity contribution in [1.82, 2.24) is 4.90 Å². The van der Waals surface area contributed by atoms with E-state index in [2.05, 4.69) is 12.6 Å². The highest BCUT2D eigenvalue weighted by molar-refractivity contribution is 7.81. The quantitative estimate of drug-likeness (QED) is 0.600. The van der Waals surface area contributed by atoms with Crippen LogP contribution in [0.2, 0.25) is 0 Å². The van der Waals surface area contributed by atoms with Crippen LogP contribution < -0.4 is 0 Å². The van der Waals surface area contributed by atoms with Gasteiger partial charge >= 0.3 is 0 Å². The molecule has 0 aromatic carbocycles. The van der Waals surface area contributed by atoms with E-state index < -0.39 is 0 Å². The summed E-state index contributed by atoms with van der Waals surface area (Å²) in [7, 11) is 1.66. The molecule has 10 heavy (non-hydrogen) atoms. The van der Waals surface area contributed by atoms with Crippen molar-refractivity contribution in [3.05, 3.63) is 0 Å². The Morgan fingerprint density at radius 1 is 1.80 bits per heavy atom. The van der Waals surface area contributed by atoms with Crippen molar-refractivity contribution in [2.45, 2.75) is 6.42 Å².